The highest BCUT2D eigenvalue weighted by Gasteiger charge is 2.20. The van der Waals surface area contributed by atoms with Gasteiger partial charge in [-0.15, -0.1) is 0 Å². The molecule has 0 aromatic heterocycles. The average Bonchev–Trinajstić information content (AvgIpc) is 2.46. The van der Waals surface area contributed by atoms with E-state index in [4.69, 9.17) is 0 Å². The molecule has 0 amide bonds. The third-order valence-electron chi connectivity index (χ3n) is 4.59. The number of benzene rings is 1. The van der Waals surface area contributed by atoms with Gasteiger partial charge in [0.15, 0.2) is 0 Å². The Bertz CT molecular complexity index is 468. The van der Waals surface area contributed by atoms with Gasteiger partial charge in [-0.1, -0.05) is 31.4 Å². The molecule has 1 aliphatic carbocycles. The number of nitro benzene ring substituents is 1. The Balaban J connectivity index is 1.96. The van der Waals surface area contributed by atoms with Crippen LogP contribution in [0, 0.1) is 23.0 Å². The van der Waals surface area contributed by atoms with Crippen molar-refractivity contribution in [2.24, 2.45) is 5.92 Å². The minimum Gasteiger partial charge on any atom is -0.310 e. The Morgan fingerprint density at radius 2 is 2.05 bits per heavy atom. The molecule has 1 saturated carbocycles. The largest absolute Gasteiger partial charge is 0.310 e. The number of nitrogens with zero attached hydrogens (tertiary/aromatic N) is 1. The molecule has 0 heterocycles. The van der Waals surface area contributed by atoms with E-state index < -0.39 is 0 Å². The number of hydrogen-bond donors (Lipinski definition) is 1. The summed E-state index contributed by atoms with van der Waals surface area (Å²) >= 11 is 0. The monoisotopic (exact) mass is 276 g/mol. The molecule has 20 heavy (non-hydrogen) atoms. The van der Waals surface area contributed by atoms with Crippen molar-refractivity contribution in [3.05, 3.63) is 39.4 Å². The molecule has 2 rings (SSSR count). The van der Waals surface area contributed by atoms with E-state index in [0.717, 1.165) is 17.0 Å². The lowest BCUT2D eigenvalue weighted by Gasteiger charge is -2.28. The van der Waals surface area contributed by atoms with Crippen LogP contribution < -0.4 is 5.32 Å². The van der Waals surface area contributed by atoms with Crippen molar-refractivity contribution in [1.29, 1.82) is 0 Å². The second-order valence-corrected chi connectivity index (χ2v) is 5.89. The van der Waals surface area contributed by atoms with Crippen molar-refractivity contribution in [3.8, 4) is 0 Å². The SMILES string of the molecule is Cc1c(CNC(C)C2CCCCC2)cccc1[N+](=O)[O-]. The van der Waals surface area contributed by atoms with E-state index in [0.29, 0.717) is 12.6 Å². The van der Waals surface area contributed by atoms with Crippen LogP contribution in [-0.2, 0) is 6.54 Å². The zero-order valence-corrected chi connectivity index (χ0v) is 12.4. The second-order valence-electron chi connectivity index (χ2n) is 5.89. The molecule has 1 fully saturated rings. The van der Waals surface area contributed by atoms with Crippen molar-refractivity contribution in [1.82, 2.24) is 5.32 Å². The van der Waals surface area contributed by atoms with Gasteiger partial charge < -0.3 is 5.32 Å². The molecule has 1 aromatic rings. The van der Waals surface area contributed by atoms with E-state index in [9.17, 15) is 10.1 Å². The molecular formula is C16H24N2O2. The summed E-state index contributed by atoms with van der Waals surface area (Å²) in [5, 5.41) is 14.5. The third kappa shape index (κ3) is 3.57. The van der Waals surface area contributed by atoms with Crippen LogP contribution in [0.1, 0.15) is 50.2 Å². The van der Waals surface area contributed by atoms with E-state index >= 15 is 0 Å². The summed E-state index contributed by atoms with van der Waals surface area (Å²) in [5.74, 6) is 0.753. The van der Waals surface area contributed by atoms with Crippen LogP contribution in [-0.4, -0.2) is 11.0 Å². The number of hydrogen-bond acceptors (Lipinski definition) is 3. The predicted octanol–water partition coefficient (Wildman–Crippen LogP) is 3.96. The van der Waals surface area contributed by atoms with Gasteiger partial charge in [-0.3, -0.25) is 10.1 Å². The maximum atomic E-state index is 10.9. The summed E-state index contributed by atoms with van der Waals surface area (Å²) < 4.78 is 0. The van der Waals surface area contributed by atoms with E-state index in [2.05, 4.69) is 12.2 Å². The Morgan fingerprint density at radius 1 is 1.35 bits per heavy atom. The molecule has 4 nitrogen and oxygen atoms in total. The molecule has 1 N–H and O–H groups in total. The summed E-state index contributed by atoms with van der Waals surface area (Å²) in [6.07, 6.45) is 6.66. The highest BCUT2D eigenvalue weighted by molar-refractivity contribution is 5.44. The van der Waals surface area contributed by atoms with Crippen LogP contribution in [0.3, 0.4) is 0 Å². The normalized spacial score (nSPS) is 17.9. The Morgan fingerprint density at radius 3 is 2.70 bits per heavy atom. The quantitative estimate of drug-likeness (QED) is 0.654. The fourth-order valence-electron chi connectivity index (χ4n) is 3.13. The zero-order valence-electron chi connectivity index (χ0n) is 12.4. The topological polar surface area (TPSA) is 55.2 Å². The molecule has 110 valence electrons. The lowest BCUT2D eigenvalue weighted by Crippen LogP contribution is -2.34. The molecule has 1 unspecified atom stereocenters. The maximum absolute atomic E-state index is 10.9. The first-order valence-corrected chi connectivity index (χ1v) is 7.56. The molecular weight excluding hydrogens is 252 g/mol. The molecule has 0 radical (unpaired) electrons. The van der Waals surface area contributed by atoms with Crippen molar-refractivity contribution in [2.75, 3.05) is 0 Å². The van der Waals surface area contributed by atoms with E-state index in [1.165, 1.54) is 32.1 Å². The van der Waals surface area contributed by atoms with Crippen LogP contribution in [0.5, 0.6) is 0 Å². The Hall–Kier alpha value is -1.42. The van der Waals surface area contributed by atoms with Gasteiger partial charge in [0.25, 0.3) is 5.69 Å². The third-order valence-corrected chi connectivity index (χ3v) is 4.59. The second kappa shape index (κ2) is 6.84. The lowest BCUT2D eigenvalue weighted by molar-refractivity contribution is -0.385. The molecule has 0 saturated heterocycles. The summed E-state index contributed by atoms with van der Waals surface area (Å²) in [7, 11) is 0. The van der Waals surface area contributed by atoms with Crippen molar-refractivity contribution < 1.29 is 4.92 Å². The zero-order chi connectivity index (χ0) is 14.5. The highest BCUT2D eigenvalue weighted by Crippen LogP contribution is 2.27. The first-order chi connectivity index (χ1) is 9.59. The van der Waals surface area contributed by atoms with Crippen molar-refractivity contribution in [3.63, 3.8) is 0 Å². The van der Waals surface area contributed by atoms with E-state index in [1.807, 2.05) is 13.0 Å². The molecule has 0 bridgehead atoms. The highest BCUT2D eigenvalue weighted by atomic mass is 16.6. The minimum absolute atomic E-state index is 0.217. The standard InChI is InChI=1S/C16H24N2O2/c1-12-15(9-6-10-16(12)18(19)20)11-17-13(2)14-7-4-3-5-8-14/h6,9-10,13-14,17H,3-5,7-8,11H2,1-2H3. The van der Waals surface area contributed by atoms with Crippen LogP contribution in [0.2, 0.25) is 0 Å². The van der Waals surface area contributed by atoms with Crippen LogP contribution in [0.15, 0.2) is 18.2 Å². The number of rotatable bonds is 5. The van der Waals surface area contributed by atoms with E-state index in [1.54, 1.807) is 12.1 Å². The summed E-state index contributed by atoms with van der Waals surface area (Å²) in [6.45, 7) is 4.79. The van der Waals surface area contributed by atoms with Crippen molar-refractivity contribution in [2.45, 2.75) is 58.5 Å². The van der Waals surface area contributed by atoms with Gasteiger partial charge in [0.2, 0.25) is 0 Å². The van der Waals surface area contributed by atoms with Gasteiger partial charge in [0, 0.05) is 24.2 Å². The van der Waals surface area contributed by atoms with Gasteiger partial charge in [0.1, 0.15) is 0 Å². The molecule has 1 aromatic carbocycles. The Kier molecular flexibility index (Phi) is 5.12. The molecule has 1 atom stereocenters. The summed E-state index contributed by atoms with van der Waals surface area (Å²) in [6, 6.07) is 5.80. The lowest BCUT2D eigenvalue weighted by atomic mass is 9.84. The summed E-state index contributed by atoms with van der Waals surface area (Å²) in [4.78, 5) is 10.6. The van der Waals surface area contributed by atoms with Gasteiger partial charge in [-0.05, 0) is 38.2 Å². The molecule has 1 aliphatic rings. The van der Waals surface area contributed by atoms with Gasteiger partial charge >= 0.3 is 0 Å². The summed E-state index contributed by atoms with van der Waals surface area (Å²) in [5.41, 5.74) is 2.03. The molecule has 0 aliphatic heterocycles. The van der Waals surface area contributed by atoms with Gasteiger partial charge in [-0.2, -0.15) is 0 Å². The molecule has 4 heteroatoms. The average molecular weight is 276 g/mol. The predicted molar refractivity (Wildman–Crippen MR) is 80.7 cm³/mol. The van der Waals surface area contributed by atoms with Crippen LogP contribution >= 0.6 is 0 Å². The van der Waals surface area contributed by atoms with Crippen LogP contribution in [0.25, 0.3) is 0 Å². The fraction of sp³-hybridized carbons (Fsp3) is 0.625. The first kappa shape index (κ1) is 15.0. The first-order valence-electron chi connectivity index (χ1n) is 7.56. The number of nitro groups is 1. The maximum Gasteiger partial charge on any atom is 0.272 e. The molecule has 0 spiro atoms. The van der Waals surface area contributed by atoms with E-state index in [-0.39, 0.29) is 10.6 Å². The van der Waals surface area contributed by atoms with Gasteiger partial charge in [-0.25, -0.2) is 0 Å². The van der Waals surface area contributed by atoms with Crippen molar-refractivity contribution >= 4 is 5.69 Å². The van der Waals surface area contributed by atoms with Crippen LogP contribution in [0.4, 0.5) is 5.69 Å². The fourth-order valence-corrected chi connectivity index (χ4v) is 3.13. The minimum atomic E-state index is -0.302. The van der Waals surface area contributed by atoms with Gasteiger partial charge in [0.05, 0.1) is 4.92 Å². The smallest absolute Gasteiger partial charge is 0.272 e. The Labute approximate surface area is 120 Å². The number of nitrogens with one attached hydrogen (secondary N) is 1.